The summed E-state index contributed by atoms with van der Waals surface area (Å²) < 4.78 is 0. The summed E-state index contributed by atoms with van der Waals surface area (Å²) in [5.74, 6) is 0.366. The Bertz CT molecular complexity index is 1570. The summed E-state index contributed by atoms with van der Waals surface area (Å²) in [5, 5.41) is 0. The van der Waals surface area contributed by atoms with Gasteiger partial charge in [0, 0.05) is 15.7 Å². The fraction of sp³-hybridized carbons (Fsp3) is 0.297. The largest absolute Gasteiger partial charge is 0.0949 e. The van der Waals surface area contributed by atoms with Gasteiger partial charge >= 0.3 is 0 Å². The molecule has 6 aliphatic carbocycles. The molecule has 1 spiro atoms. The first-order chi connectivity index (χ1) is 18.8. The van der Waals surface area contributed by atoms with Crippen LogP contribution in [0.4, 0.5) is 0 Å². The second-order valence-corrected chi connectivity index (χ2v) is 12.8. The van der Waals surface area contributed by atoms with E-state index in [0.717, 1.165) is 32.1 Å². The van der Waals surface area contributed by atoms with E-state index in [9.17, 15) is 0 Å². The van der Waals surface area contributed by atoms with Crippen LogP contribution in [-0.2, 0) is 5.41 Å². The first-order valence-electron chi connectivity index (χ1n) is 14.5. The average molecular weight is 511 g/mol. The van der Waals surface area contributed by atoms with Crippen molar-refractivity contribution < 1.29 is 0 Å². The molecule has 1 heteroatoms. The molecule has 8 rings (SSSR count). The van der Waals surface area contributed by atoms with Crippen LogP contribution in [0, 0.1) is 5.92 Å². The standard InChI is InChI=1S/C37H34S/c1-24(25-11-3-2-4-12-25)27-20-21-29-30-22-19-26-13-5-6-14-28(26)36(30)37(33(29)23-27)31-15-7-9-17-34(31)38-35-18-10-8-16-32(35)37/h2-3,6-7,9-11,14-15,17-18,20-21,27H,1,4-5,8,12-13,16,19,22-23H2. The third-order valence-corrected chi connectivity index (χ3v) is 11.1. The second kappa shape index (κ2) is 8.75. The summed E-state index contributed by atoms with van der Waals surface area (Å²) in [6, 6.07) is 9.35. The highest BCUT2D eigenvalue weighted by molar-refractivity contribution is 8.03. The van der Waals surface area contributed by atoms with Crippen molar-refractivity contribution in [2.75, 3.05) is 0 Å². The molecule has 7 aliphatic rings. The van der Waals surface area contributed by atoms with Gasteiger partial charge in [0.2, 0.25) is 0 Å². The van der Waals surface area contributed by atoms with Crippen LogP contribution in [0.3, 0.4) is 0 Å². The molecule has 0 fully saturated rings. The number of hydrogen-bond acceptors (Lipinski definition) is 1. The monoisotopic (exact) mass is 510 g/mol. The molecule has 0 saturated heterocycles. The van der Waals surface area contributed by atoms with E-state index in [2.05, 4.69) is 78.9 Å². The molecule has 0 aromatic heterocycles. The lowest BCUT2D eigenvalue weighted by atomic mass is 9.59. The van der Waals surface area contributed by atoms with E-state index in [1.165, 1.54) is 52.2 Å². The zero-order valence-electron chi connectivity index (χ0n) is 22.1. The summed E-state index contributed by atoms with van der Waals surface area (Å²) in [5.41, 5.74) is 15.6. The summed E-state index contributed by atoms with van der Waals surface area (Å²) in [6.07, 6.45) is 32.0. The Hall–Kier alpha value is -3.03. The molecule has 0 nitrogen and oxygen atoms in total. The third-order valence-electron chi connectivity index (χ3n) is 9.89. The quantitative estimate of drug-likeness (QED) is 0.381. The van der Waals surface area contributed by atoms with Gasteiger partial charge in [-0.25, -0.2) is 0 Å². The summed E-state index contributed by atoms with van der Waals surface area (Å²) in [6.45, 7) is 4.69. The Kier molecular flexibility index (Phi) is 5.27. The number of fused-ring (bicyclic) bond motifs is 7. The molecule has 2 atom stereocenters. The predicted octanol–water partition coefficient (Wildman–Crippen LogP) is 10.1. The van der Waals surface area contributed by atoms with E-state index in [-0.39, 0.29) is 5.41 Å². The topological polar surface area (TPSA) is 0 Å². The minimum atomic E-state index is -0.139. The number of allylic oxidation sites excluding steroid dienone is 18. The van der Waals surface area contributed by atoms with Crippen LogP contribution in [0.1, 0.15) is 63.4 Å². The highest BCUT2D eigenvalue weighted by atomic mass is 32.2. The molecule has 1 aromatic carbocycles. The van der Waals surface area contributed by atoms with Crippen molar-refractivity contribution in [3.63, 3.8) is 0 Å². The van der Waals surface area contributed by atoms with Crippen LogP contribution in [0.5, 0.6) is 0 Å². The van der Waals surface area contributed by atoms with Gasteiger partial charge in [0.15, 0.2) is 0 Å². The van der Waals surface area contributed by atoms with Gasteiger partial charge in [0.25, 0.3) is 0 Å². The zero-order chi connectivity index (χ0) is 25.3. The van der Waals surface area contributed by atoms with Gasteiger partial charge in [-0.2, -0.15) is 0 Å². The maximum Gasteiger partial charge on any atom is 0.0664 e. The molecule has 0 radical (unpaired) electrons. The predicted molar refractivity (Wildman–Crippen MR) is 161 cm³/mol. The van der Waals surface area contributed by atoms with E-state index in [4.69, 9.17) is 6.58 Å². The average Bonchev–Trinajstić information content (AvgIpc) is 3.28. The van der Waals surface area contributed by atoms with Crippen molar-refractivity contribution in [3.05, 3.63) is 146 Å². The fourth-order valence-electron chi connectivity index (χ4n) is 8.23. The highest BCUT2D eigenvalue weighted by Crippen LogP contribution is 2.67. The van der Waals surface area contributed by atoms with Gasteiger partial charge < -0.3 is 0 Å². The van der Waals surface area contributed by atoms with E-state index in [1.54, 1.807) is 39.0 Å². The lowest BCUT2D eigenvalue weighted by Crippen LogP contribution is -2.38. The fourth-order valence-corrected chi connectivity index (χ4v) is 9.48. The van der Waals surface area contributed by atoms with Crippen molar-refractivity contribution >= 4 is 11.8 Å². The van der Waals surface area contributed by atoms with Gasteiger partial charge in [-0.1, -0.05) is 96.8 Å². The zero-order valence-corrected chi connectivity index (χ0v) is 22.9. The molecule has 188 valence electrons. The molecule has 1 aromatic rings. The minimum absolute atomic E-state index is 0.139. The number of rotatable bonds is 2. The van der Waals surface area contributed by atoms with Crippen molar-refractivity contribution in [3.8, 4) is 0 Å². The highest BCUT2D eigenvalue weighted by Gasteiger charge is 2.55. The SMILES string of the molecule is C=C(C1=CC=CCC1)C1C=CC2=C(C1)C1(C3=C(C=CCC3)Sc3ccccc31)C1=C2CCC2=C1C=CCC2. The first-order valence-corrected chi connectivity index (χ1v) is 15.4. The van der Waals surface area contributed by atoms with Crippen molar-refractivity contribution in [1.29, 1.82) is 0 Å². The molecule has 1 heterocycles. The van der Waals surface area contributed by atoms with Crippen LogP contribution in [0.25, 0.3) is 0 Å². The molecular formula is C37H34S. The molecule has 1 aliphatic heterocycles. The van der Waals surface area contributed by atoms with Crippen molar-refractivity contribution in [2.45, 2.75) is 68.1 Å². The molecule has 0 amide bonds. The molecule has 0 saturated carbocycles. The van der Waals surface area contributed by atoms with E-state index in [0.29, 0.717) is 5.92 Å². The Balaban J connectivity index is 1.38. The Morgan fingerprint density at radius 3 is 2.63 bits per heavy atom. The molecule has 0 N–H and O–H groups in total. The maximum atomic E-state index is 4.69. The van der Waals surface area contributed by atoms with Crippen LogP contribution < -0.4 is 0 Å². The number of hydrogen-bond donors (Lipinski definition) is 0. The first kappa shape index (κ1) is 22.9. The van der Waals surface area contributed by atoms with E-state index < -0.39 is 0 Å². The van der Waals surface area contributed by atoms with Crippen LogP contribution in [-0.4, -0.2) is 0 Å². The molecule has 38 heavy (non-hydrogen) atoms. The summed E-state index contributed by atoms with van der Waals surface area (Å²) >= 11 is 2.00. The summed E-state index contributed by atoms with van der Waals surface area (Å²) in [4.78, 5) is 2.93. The van der Waals surface area contributed by atoms with Crippen LogP contribution in [0.2, 0.25) is 0 Å². The summed E-state index contributed by atoms with van der Waals surface area (Å²) in [7, 11) is 0. The van der Waals surface area contributed by atoms with Gasteiger partial charge in [-0.3, -0.25) is 0 Å². The van der Waals surface area contributed by atoms with Crippen molar-refractivity contribution in [1.82, 2.24) is 0 Å². The lowest BCUT2D eigenvalue weighted by molar-refractivity contribution is 0.581. The molecular weight excluding hydrogens is 476 g/mol. The number of thioether (sulfide) groups is 1. The molecule has 2 unspecified atom stereocenters. The van der Waals surface area contributed by atoms with E-state index in [1.807, 2.05) is 11.8 Å². The minimum Gasteiger partial charge on any atom is -0.0949 e. The van der Waals surface area contributed by atoms with E-state index >= 15 is 0 Å². The maximum absolute atomic E-state index is 4.69. The smallest absolute Gasteiger partial charge is 0.0664 e. The molecule has 0 bridgehead atoms. The Morgan fingerprint density at radius 2 is 1.71 bits per heavy atom. The number of benzene rings is 1. The van der Waals surface area contributed by atoms with Gasteiger partial charge in [0.1, 0.15) is 0 Å². The lowest BCUT2D eigenvalue weighted by Gasteiger charge is -2.47. The van der Waals surface area contributed by atoms with Gasteiger partial charge in [0.05, 0.1) is 5.41 Å². The second-order valence-electron chi connectivity index (χ2n) is 11.7. The Morgan fingerprint density at radius 1 is 0.842 bits per heavy atom. The van der Waals surface area contributed by atoms with Crippen LogP contribution in [0.15, 0.2) is 145 Å². The van der Waals surface area contributed by atoms with Crippen molar-refractivity contribution in [2.24, 2.45) is 5.92 Å². The van der Waals surface area contributed by atoms with Gasteiger partial charge in [-0.15, -0.1) is 0 Å². The normalized spacial score (nSPS) is 28.8. The Labute approximate surface area is 231 Å². The third kappa shape index (κ3) is 3.12. The van der Waals surface area contributed by atoms with Crippen LogP contribution >= 0.6 is 11.8 Å². The van der Waals surface area contributed by atoms with Gasteiger partial charge in [-0.05, 0) is 114 Å².